The molecule has 1 aliphatic rings. The highest BCUT2D eigenvalue weighted by Crippen LogP contribution is 2.31. The first-order valence-corrected chi connectivity index (χ1v) is 7.49. The summed E-state index contributed by atoms with van der Waals surface area (Å²) >= 11 is 0. The topological polar surface area (TPSA) is 110 Å². The second kappa shape index (κ2) is 6.60. The number of anilines is 1. The number of amides is 1. The van der Waals surface area contributed by atoms with E-state index in [0.29, 0.717) is 24.2 Å². The minimum Gasteiger partial charge on any atom is -0.508 e. The molecule has 1 amide bonds. The molecule has 1 aliphatic heterocycles. The zero-order chi connectivity index (χ0) is 18.0. The molecule has 0 radical (unpaired) electrons. The average Bonchev–Trinajstić information content (AvgIpc) is 3.03. The summed E-state index contributed by atoms with van der Waals surface area (Å²) in [5, 5.41) is 20.0. The lowest BCUT2D eigenvalue weighted by Gasteiger charge is -2.17. The summed E-state index contributed by atoms with van der Waals surface area (Å²) in [6.07, 6.45) is 0.509. The van der Waals surface area contributed by atoms with Crippen LogP contribution < -0.4 is 4.90 Å². The van der Waals surface area contributed by atoms with E-state index < -0.39 is 23.4 Å². The number of nitrogens with zero attached hydrogens (tertiary/aromatic N) is 2. The number of carbonyl (C=O) groups excluding carboxylic acids is 2. The van der Waals surface area contributed by atoms with Gasteiger partial charge in [-0.15, -0.1) is 0 Å². The molecule has 3 rings (SSSR count). The van der Waals surface area contributed by atoms with Crippen molar-refractivity contribution in [2.24, 2.45) is 0 Å². The van der Waals surface area contributed by atoms with Crippen LogP contribution in [0.4, 0.5) is 11.4 Å². The Bertz CT molecular complexity index is 847. The number of fused-ring (bicyclic) bond motifs is 1. The quantitative estimate of drug-likeness (QED) is 0.517. The molecule has 2 aromatic carbocycles. The standard InChI is InChI=1S/C17H14N2O6/c20-14-4-1-11(2-5-14)17(22)25-10-16(21)18-8-7-12-9-13(19(23)24)3-6-15(12)18/h1-6,9,20H,7-8,10H2. The first kappa shape index (κ1) is 16.4. The maximum Gasteiger partial charge on any atom is 0.338 e. The fourth-order valence-electron chi connectivity index (χ4n) is 2.65. The van der Waals surface area contributed by atoms with Gasteiger partial charge in [-0.25, -0.2) is 4.79 Å². The molecule has 0 fully saturated rings. The third-order valence-electron chi connectivity index (χ3n) is 3.90. The number of benzene rings is 2. The Balaban J connectivity index is 1.64. The van der Waals surface area contributed by atoms with Gasteiger partial charge in [0.15, 0.2) is 6.61 Å². The summed E-state index contributed by atoms with van der Waals surface area (Å²) in [4.78, 5) is 35.9. The van der Waals surface area contributed by atoms with Gasteiger partial charge in [0.05, 0.1) is 10.5 Å². The molecule has 2 aromatic rings. The largest absolute Gasteiger partial charge is 0.508 e. The lowest BCUT2D eigenvalue weighted by Crippen LogP contribution is -2.33. The third kappa shape index (κ3) is 3.42. The van der Waals surface area contributed by atoms with Gasteiger partial charge in [0, 0.05) is 24.4 Å². The van der Waals surface area contributed by atoms with E-state index in [2.05, 4.69) is 0 Å². The third-order valence-corrected chi connectivity index (χ3v) is 3.90. The summed E-state index contributed by atoms with van der Waals surface area (Å²) in [6.45, 7) is -0.0533. The first-order chi connectivity index (χ1) is 12.0. The number of ether oxygens (including phenoxy) is 1. The highest BCUT2D eigenvalue weighted by molar-refractivity contribution is 5.98. The molecule has 1 N–H and O–H groups in total. The Labute approximate surface area is 142 Å². The van der Waals surface area contributed by atoms with Crippen molar-refractivity contribution < 1.29 is 24.4 Å². The van der Waals surface area contributed by atoms with Gasteiger partial charge in [-0.3, -0.25) is 14.9 Å². The van der Waals surface area contributed by atoms with Gasteiger partial charge >= 0.3 is 5.97 Å². The molecule has 0 aliphatic carbocycles. The second-order valence-electron chi connectivity index (χ2n) is 5.49. The molecule has 0 atom stereocenters. The smallest absolute Gasteiger partial charge is 0.338 e. The molecule has 0 bridgehead atoms. The number of aromatic hydroxyl groups is 1. The van der Waals surface area contributed by atoms with Gasteiger partial charge in [-0.05, 0) is 42.3 Å². The van der Waals surface area contributed by atoms with Crippen LogP contribution in [0, 0.1) is 10.1 Å². The van der Waals surface area contributed by atoms with Gasteiger partial charge in [0.1, 0.15) is 5.75 Å². The average molecular weight is 342 g/mol. The molecule has 0 unspecified atom stereocenters. The molecule has 0 saturated carbocycles. The first-order valence-electron chi connectivity index (χ1n) is 7.49. The molecule has 8 nitrogen and oxygen atoms in total. The molecule has 25 heavy (non-hydrogen) atoms. The van der Waals surface area contributed by atoms with Crippen LogP contribution >= 0.6 is 0 Å². The number of non-ortho nitro benzene ring substituents is 1. The Hall–Kier alpha value is -3.42. The SMILES string of the molecule is O=C(OCC(=O)N1CCc2cc([N+](=O)[O-])ccc21)c1ccc(O)cc1. The molecule has 128 valence electrons. The van der Waals surface area contributed by atoms with Crippen molar-refractivity contribution >= 4 is 23.3 Å². The number of esters is 1. The summed E-state index contributed by atoms with van der Waals surface area (Å²) in [5.74, 6) is -1.05. The van der Waals surface area contributed by atoms with Crippen LogP contribution in [-0.2, 0) is 16.0 Å². The van der Waals surface area contributed by atoms with Crippen molar-refractivity contribution in [3.8, 4) is 5.75 Å². The molecule has 0 spiro atoms. The number of phenolic OH excluding ortho intramolecular Hbond substituents is 1. The monoisotopic (exact) mass is 342 g/mol. The van der Waals surface area contributed by atoms with Crippen LogP contribution in [0.1, 0.15) is 15.9 Å². The Morgan fingerprint density at radius 3 is 2.60 bits per heavy atom. The van der Waals surface area contributed by atoms with Gasteiger partial charge in [-0.2, -0.15) is 0 Å². The fraction of sp³-hybridized carbons (Fsp3) is 0.176. The second-order valence-corrected chi connectivity index (χ2v) is 5.49. The maximum atomic E-state index is 12.3. The van der Waals surface area contributed by atoms with E-state index in [-0.39, 0.29) is 17.0 Å². The van der Waals surface area contributed by atoms with Crippen molar-refractivity contribution in [2.75, 3.05) is 18.1 Å². The van der Waals surface area contributed by atoms with E-state index >= 15 is 0 Å². The van der Waals surface area contributed by atoms with Crippen LogP contribution in [0.25, 0.3) is 0 Å². The van der Waals surface area contributed by atoms with E-state index in [1.54, 1.807) is 0 Å². The van der Waals surface area contributed by atoms with Crippen LogP contribution in [0.3, 0.4) is 0 Å². The predicted octanol–water partition coefficient (Wildman–Crippen LogP) is 2.05. The van der Waals surface area contributed by atoms with Crippen molar-refractivity contribution in [3.05, 3.63) is 63.7 Å². The van der Waals surface area contributed by atoms with Crippen LogP contribution in [0.15, 0.2) is 42.5 Å². The maximum absolute atomic E-state index is 12.3. The van der Waals surface area contributed by atoms with Crippen molar-refractivity contribution in [1.82, 2.24) is 0 Å². The number of phenols is 1. The fourth-order valence-corrected chi connectivity index (χ4v) is 2.65. The number of nitro benzene ring substituents is 1. The summed E-state index contributed by atoms with van der Waals surface area (Å²) in [5.41, 5.74) is 1.51. The molecular weight excluding hydrogens is 328 g/mol. The number of hydrogen-bond acceptors (Lipinski definition) is 6. The van der Waals surface area contributed by atoms with Crippen molar-refractivity contribution in [1.29, 1.82) is 0 Å². The zero-order valence-electron chi connectivity index (χ0n) is 13.0. The van der Waals surface area contributed by atoms with E-state index in [0.717, 1.165) is 0 Å². The molecule has 1 heterocycles. The summed E-state index contributed by atoms with van der Waals surface area (Å²) in [7, 11) is 0. The predicted molar refractivity (Wildman–Crippen MR) is 87.5 cm³/mol. The normalized spacial score (nSPS) is 12.6. The van der Waals surface area contributed by atoms with Gasteiger partial charge < -0.3 is 14.7 Å². The van der Waals surface area contributed by atoms with E-state index in [1.165, 1.54) is 47.4 Å². The summed E-state index contributed by atoms with van der Waals surface area (Å²) < 4.78 is 5.00. The lowest BCUT2D eigenvalue weighted by molar-refractivity contribution is -0.384. The van der Waals surface area contributed by atoms with Crippen molar-refractivity contribution in [2.45, 2.75) is 6.42 Å². The highest BCUT2D eigenvalue weighted by atomic mass is 16.6. The molecule has 0 aromatic heterocycles. The zero-order valence-corrected chi connectivity index (χ0v) is 13.0. The minimum absolute atomic E-state index is 0.0215. The van der Waals surface area contributed by atoms with Crippen LogP contribution in [-0.4, -0.2) is 35.1 Å². The molecular formula is C17H14N2O6. The van der Waals surface area contributed by atoms with E-state index in [9.17, 15) is 24.8 Å². The van der Waals surface area contributed by atoms with Gasteiger partial charge in [0.25, 0.3) is 11.6 Å². The highest BCUT2D eigenvalue weighted by Gasteiger charge is 2.27. The van der Waals surface area contributed by atoms with E-state index in [4.69, 9.17) is 4.74 Å². The lowest BCUT2D eigenvalue weighted by atomic mass is 10.1. The van der Waals surface area contributed by atoms with Crippen molar-refractivity contribution in [3.63, 3.8) is 0 Å². The Morgan fingerprint density at radius 2 is 1.92 bits per heavy atom. The number of rotatable bonds is 4. The number of carbonyl (C=O) groups is 2. The Morgan fingerprint density at radius 1 is 1.20 bits per heavy atom. The minimum atomic E-state index is -0.670. The molecule has 0 saturated heterocycles. The number of nitro groups is 1. The summed E-state index contributed by atoms with van der Waals surface area (Å²) in [6, 6.07) is 9.81. The van der Waals surface area contributed by atoms with Crippen LogP contribution in [0.5, 0.6) is 5.75 Å². The van der Waals surface area contributed by atoms with Crippen LogP contribution in [0.2, 0.25) is 0 Å². The Kier molecular flexibility index (Phi) is 4.34. The molecule has 8 heteroatoms. The van der Waals surface area contributed by atoms with Gasteiger partial charge in [0.2, 0.25) is 0 Å². The number of hydrogen-bond donors (Lipinski definition) is 1. The van der Waals surface area contributed by atoms with Gasteiger partial charge in [-0.1, -0.05) is 0 Å². The van der Waals surface area contributed by atoms with E-state index in [1.807, 2.05) is 0 Å².